The average molecular weight is 396 g/mol. The van der Waals surface area contributed by atoms with E-state index in [-0.39, 0.29) is 11.9 Å². The summed E-state index contributed by atoms with van der Waals surface area (Å²) in [6.45, 7) is 2.03. The van der Waals surface area contributed by atoms with E-state index in [1.807, 2.05) is 12.3 Å². The summed E-state index contributed by atoms with van der Waals surface area (Å²) in [5.74, 6) is 0.133. The first-order valence-corrected chi connectivity index (χ1v) is 10.4. The van der Waals surface area contributed by atoms with E-state index < -0.39 is 11.4 Å². The number of urea groups is 1. The van der Waals surface area contributed by atoms with Crippen molar-refractivity contribution in [2.24, 2.45) is 11.3 Å². The van der Waals surface area contributed by atoms with E-state index in [0.29, 0.717) is 26.1 Å². The lowest BCUT2D eigenvalue weighted by molar-refractivity contribution is -0.149. The molecule has 0 radical (unpaired) electrons. The summed E-state index contributed by atoms with van der Waals surface area (Å²) in [7, 11) is 0. The van der Waals surface area contributed by atoms with Crippen LogP contribution in [0.5, 0.6) is 0 Å². The number of nitrogens with one attached hydrogen (secondary N) is 1. The van der Waals surface area contributed by atoms with Crippen LogP contribution in [0.25, 0.3) is 0 Å². The van der Waals surface area contributed by atoms with Gasteiger partial charge < -0.3 is 19.9 Å². The van der Waals surface area contributed by atoms with Gasteiger partial charge in [0.2, 0.25) is 0 Å². The van der Waals surface area contributed by atoms with Crippen molar-refractivity contribution in [3.63, 3.8) is 0 Å². The predicted octanol–water partition coefficient (Wildman–Crippen LogP) is 2.91. The molecule has 2 fully saturated rings. The van der Waals surface area contributed by atoms with Crippen LogP contribution in [0.4, 0.5) is 4.79 Å². The van der Waals surface area contributed by atoms with Crippen LogP contribution in [0, 0.1) is 11.3 Å². The number of carbonyl (C=O) groups excluding carboxylic acids is 1. The van der Waals surface area contributed by atoms with E-state index in [9.17, 15) is 14.7 Å². The molecule has 2 aromatic rings. The molecule has 2 atom stereocenters. The molecule has 0 bridgehead atoms. The quantitative estimate of drug-likeness (QED) is 0.753. The molecule has 154 valence electrons. The van der Waals surface area contributed by atoms with Crippen LogP contribution >= 0.6 is 0 Å². The minimum Gasteiger partial charge on any atom is -0.481 e. The Bertz CT molecular complexity index is 866. The summed E-state index contributed by atoms with van der Waals surface area (Å²) < 4.78 is 2.07. The van der Waals surface area contributed by atoms with Gasteiger partial charge in [0.15, 0.2) is 0 Å². The fourth-order valence-electron chi connectivity index (χ4n) is 4.87. The molecule has 1 aliphatic carbocycles. The first kappa shape index (κ1) is 19.5. The maximum atomic E-state index is 12.6. The predicted molar refractivity (Wildman–Crippen MR) is 108 cm³/mol. The van der Waals surface area contributed by atoms with Gasteiger partial charge in [-0.1, -0.05) is 36.8 Å². The number of benzene rings is 1. The highest BCUT2D eigenvalue weighted by atomic mass is 16.4. The summed E-state index contributed by atoms with van der Waals surface area (Å²) in [4.78, 5) is 30.5. The topological polar surface area (TPSA) is 87.5 Å². The van der Waals surface area contributed by atoms with Gasteiger partial charge in [-0.2, -0.15) is 0 Å². The molecule has 4 rings (SSSR count). The minimum absolute atomic E-state index is 0.0747. The number of carbonyl (C=O) groups is 2. The average Bonchev–Trinajstić information content (AvgIpc) is 3.41. The first-order valence-electron chi connectivity index (χ1n) is 10.4. The zero-order valence-electron chi connectivity index (χ0n) is 16.6. The molecule has 1 saturated carbocycles. The Kier molecular flexibility index (Phi) is 5.56. The number of carboxylic acid groups (broad SMARTS) is 1. The molecule has 7 nitrogen and oxygen atoms in total. The first-order chi connectivity index (χ1) is 14.1. The van der Waals surface area contributed by atoms with E-state index in [1.165, 1.54) is 5.56 Å². The number of likely N-dealkylation sites (tertiary alicyclic amines) is 1. The number of hydrogen-bond acceptors (Lipinski definition) is 3. The van der Waals surface area contributed by atoms with Gasteiger partial charge >= 0.3 is 12.0 Å². The third kappa shape index (κ3) is 3.99. The number of rotatable bonds is 7. The number of fused-ring (bicyclic) bond motifs is 1. The maximum Gasteiger partial charge on any atom is 0.317 e. The SMILES string of the molecule is O=C(NCc1nccn1CCCc1ccccc1)N1C[C@@H]2CCC[C@@]2(C(=O)O)C1. The molecule has 1 saturated heterocycles. The van der Waals surface area contributed by atoms with Gasteiger partial charge in [0, 0.05) is 32.0 Å². The lowest BCUT2D eigenvalue weighted by atomic mass is 9.81. The number of aromatic nitrogens is 2. The molecule has 0 spiro atoms. The van der Waals surface area contributed by atoms with Gasteiger partial charge in [0.1, 0.15) is 5.82 Å². The van der Waals surface area contributed by atoms with Crippen molar-refractivity contribution < 1.29 is 14.7 Å². The molecule has 2 heterocycles. The fraction of sp³-hybridized carbons (Fsp3) is 0.500. The van der Waals surface area contributed by atoms with Crippen molar-refractivity contribution in [2.45, 2.75) is 45.2 Å². The van der Waals surface area contributed by atoms with Crippen LogP contribution in [-0.2, 0) is 24.3 Å². The van der Waals surface area contributed by atoms with Crippen LogP contribution < -0.4 is 5.32 Å². The van der Waals surface area contributed by atoms with E-state index in [0.717, 1.165) is 38.1 Å². The molecule has 0 unspecified atom stereocenters. The van der Waals surface area contributed by atoms with Gasteiger partial charge in [0.05, 0.1) is 12.0 Å². The van der Waals surface area contributed by atoms with Crippen molar-refractivity contribution in [2.75, 3.05) is 13.1 Å². The van der Waals surface area contributed by atoms with Crippen LogP contribution in [0.15, 0.2) is 42.7 Å². The smallest absolute Gasteiger partial charge is 0.317 e. The summed E-state index contributed by atoms with van der Waals surface area (Å²) in [5.41, 5.74) is 0.571. The molecule has 1 aromatic heterocycles. The zero-order chi connectivity index (χ0) is 20.3. The van der Waals surface area contributed by atoms with Crippen LogP contribution in [-0.4, -0.2) is 44.6 Å². The van der Waals surface area contributed by atoms with E-state index in [1.54, 1.807) is 11.1 Å². The highest BCUT2D eigenvalue weighted by molar-refractivity contribution is 5.80. The standard InChI is InChI=1S/C22H28N4O3/c27-20(28)22-10-4-9-18(22)15-26(16-22)21(29)24-14-19-23-11-13-25(19)12-5-8-17-6-2-1-3-7-17/h1-3,6-7,11,13,18H,4-5,8-10,12,14-16H2,(H,24,29)(H,27,28)/t18-,22+/m0/s1. The Balaban J connectivity index is 1.28. The minimum atomic E-state index is -0.760. The number of hydrogen-bond donors (Lipinski definition) is 2. The summed E-state index contributed by atoms with van der Waals surface area (Å²) in [6.07, 6.45) is 8.18. The van der Waals surface area contributed by atoms with Crippen molar-refractivity contribution in [3.8, 4) is 0 Å². The number of carboxylic acids is 1. The number of aryl methyl sites for hydroxylation is 2. The molecular weight excluding hydrogens is 368 g/mol. The molecular formula is C22H28N4O3. The Hall–Kier alpha value is -2.83. The number of aliphatic carboxylic acids is 1. The maximum absolute atomic E-state index is 12.6. The summed E-state index contributed by atoms with van der Waals surface area (Å²) >= 11 is 0. The Morgan fingerprint density at radius 2 is 2.10 bits per heavy atom. The highest BCUT2D eigenvalue weighted by Crippen LogP contribution is 2.48. The number of amides is 2. The monoisotopic (exact) mass is 396 g/mol. The van der Waals surface area contributed by atoms with Crippen LogP contribution in [0.2, 0.25) is 0 Å². The number of imidazole rings is 1. The number of nitrogens with zero attached hydrogens (tertiary/aromatic N) is 3. The van der Waals surface area contributed by atoms with Gasteiger partial charge in [-0.05, 0) is 37.2 Å². The fourth-order valence-corrected chi connectivity index (χ4v) is 4.87. The highest BCUT2D eigenvalue weighted by Gasteiger charge is 2.55. The Morgan fingerprint density at radius 3 is 2.86 bits per heavy atom. The van der Waals surface area contributed by atoms with Gasteiger partial charge in [0.25, 0.3) is 0 Å². The Morgan fingerprint density at radius 1 is 1.28 bits per heavy atom. The second kappa shape index (κ2) is 8.27. The second-order valence-electron chi connectivity index (χ2n) is 8.22. The molecule has 1 aliphatic heterocycles. The van der Waals surface area contributed by atoms with Crippen LogP contribution in [0.3, 0.4) is 0 Å². The molecule has 7 heteroatoms. The van der Waals surface area contributed by atoms with Crippen LogP contribution in [0.1, 0.15) is 37.1 Å². The van der Waals surface area contributed by atoms with E-state index in [2.05, 4.69) is 39.1 Å². The van der Waals surface area contributed by atoms with Crippen molar-refractivity contribution in [1.29, 1.82) is 0 Å². The molecule has 2 amide bonds. The largest absolute Gasteiger partial charge is 0.481 e. The summed E-state index contributed by atoms with van der Waals surface area (Å²) in [6, 6.07) is 10.2. The van der Waals surface area contributed by atoms with Crippen molar-refractivity contribution in [1.82, 2.24) is 19.8 Å². The lowest BCUT2D eigenvalue weighted by Crippen LogP contribution is -2.41. The van der Waals surface area contributed by atoms with E-state index in [4.69, 9.17) is 0 Å². The second-order valence-corrected chi connectivity index (χ2v) is 8.22. The molecule has 2 aliphatic rings. The van der Waals surface area contributed by atoms with Crippen molar-refractivity contribution in [3.05, 3.63) is 54.1 Å². The third-order valence-corrected chi connectivity index (χ3v) is 6.49. The van der Waals surface area contributed by atoms with E-state index >= 15 is 0 Å². The molecule has 1 aromatic carbocycles. The van der Waals surface area contributed by atoms with Gasteiger partial charge in [-0.25, -0.2) is 9.78 Å². The van der Waals surface area contributed by atoms with Gasteiger partial charge in [-0.3, -0.25) is 4.79 Å². The summed E-state index contributed by atoms with van der Waals surface area (Å²) in [5, 5.41) is 12.6. The third-order valence-electron chi connectivity index (χ3n) is 6.49. The zero-order valence-corrected chi connectivity index (χ0v) is 16.6. The normalized spacial score (nSPS) is 23.2. The lowest BCUT2D eigenvalue weighted by Gasteiger charge is -2.23. The molecule has 29 heavy (non-hydrogen) atoms. The Labute approximate surface area is 170 Å². The van der Waals surface area contributed by atoms with Crippen molar-refractivity contribution >= 4 is 12.0 Å². The van der Waals surface area contributed by atoms with Gasteiger partial charge in [-0.15, -0.1) is 0 Å². The molecule has 2 N–H and O–H groups in total.